The Hall–Kier alpha value is -2.30. The van der Waals surface area contributed by atoms with Gasteiger partial charge < -0.3 is 9.84 Å². The third-order valence-corrected chi connectivity index (χ3v) is 7.83. The highest BCUT2D eigenvalue weighted by molar-refractivity contribution is 6.00. The lowest BCUT2D eigenvalue weighted by atomic mass is 9.71. The van der Waals surface area contributed by atoms with Gasteiger partial charge in [-0.1, -0.05) is 54.9 Å². The number of carbonyl (C=O) groups is 2. The van der Waals surface area contributed by atoms with Crippen LogP contribution in [-0.2, 0) is 15.2 Å². The van der Waals surface area contributed by atoms with Gasteiger partial charge in [-0.05, 0) is 60.3 Å². The molecule has 2 amide bonds. The van der Waals surface area contributed by atoms with E-state index in [9.17, 15) is 41.0 Å². The number of hydrogen-bond acceptors (Lipinski definition) is 4. The fraction of sp³-hybridized carbons (Fsp3) is 0.724. The number of halogens is 6. The van der Waals surface area contributed by atoms with Crippen LogP contribution in [0.25, 0.3) is 0 Å². The lowest BCUT2D eigenvalue weighted by molar-refractivity contribution is -0.376. The fourth-order valence-corrected chi connectivity index (χ4v) is 5.19. The van der Waals surface area contributed by atoms with Crippen molar-refractivity contribution < 1.29 is 45.8 Å². The minimum absolute atomic E-state index is 0.0173. The number of carbonyl (C=O) groups excluding carboxylic acids is 2. The van der Waals surface area contributed by atoms with Crippen LogP contribution in [0.4, 0.5) is 26.3 Å². The van der Waals surface area contributed by atoms with Crippen LogP contribution in [0.2, 0.25) is 0 Å². The maximum Gasteiger partial charge on any atom is 0.430 e. The fourth-order valence-electron chi connectivity index (χ4n) is 5.19. The highest BCUT2D eigenvalue weighted by Gasteiger charge is 2.71. The van der Waals surface area contributed by atoms with Crippen molar-refractivity contribution in [3.63, 3.8) is 0 Å². The van der Waals surface area contributed by atoms with Gasteiger partial charge in [-0.25, -0.2) is 0 Å². The zero-order chi connectivity index (χ0) is 30.8. The molecule has 1 atom stereocenters. The summed E-state index contributed by atoms with van der Waals surface area (Å²) in [5, 5.41) is 10.0. The minimum Gasteiger partial charge on any atom is -0.493 e. The molecular formula is C29H41F6NO4. The summed E-state index contributed by atoms with van der Waals surface area (Å²) < 4.78 is 87.5. The Morgan fingerprint density at radius 2 is 1.48 bits per heavy atom. The molecule has 1 N–H and O–H groups in total. The number of imide groups is 1. The Balaban J connectivity index is 2.26. The Morgan fingerprint density at radius 1 is 0.975 bits per heavy atom. The van der Waals surface area contributed by atoms with E-state index >= 15 is 0 Å². The molecule has 40 heavy (non-hydrogen) atoms. The van der Waals surface area contributed by atoms with Gasteiger partial charge in [-0.2, -0.15) is 26.3 Å². The second-order valence-electron chi connectivity index (χ2n) is 11.8. The summed E-state index contributed by atoms with van der Waals surface area (Å²) in [6.07, 6.45) is -9.23. The lowest BCUT2D eigenvalue weighted by Crippen LogP contribution is -2.54. The van der Waals surface area contributed by atoms with Crippen LogP contribution < -0.4 is 4.74 Å². The second kappa shape index (κ2) is 12.3. The number of ether oxygens (including phenoxy) is 1. The average Bonchev–Trinajstić information content (AvgIpc) is 2.82. The van der Waals surface area contributed by atoms with Gasteiger partial charge in [0, 0.05) is 23.9 Å². The van der Waals surface area contributed by atoms with Crippen molar-refractivity contribution in [3.8, 4) is 5.75 Å². The maximum atomic E-state index is 13.6. The largest absolute Gasteiger partial charge is 0.493 e. The van der Waals surface area contributed by atoms with E-state index < -0.39 is 40.8 Å². The minimum atomic E-state index is -6.00. The van der Waals surface area contributed by atoms with Crippen molar-refractivity contribution in [1.82, 2.24) is 4.90 Å². The average molecular weight is 582 g/mol. The Morgan fingerprint density at radius 3 is 1.90 bits per heavy atom. The normalized spacial score (nSPS) is 18.7. The summed E-state index contributed by atoms with van der Waals surface area (Å²) in [5.41, 5.74) is -6.78. The van der Waals surface area contributed by atoms with Gasteiger partial charge in [0.1, 0.15) is 5.75 Å². The van der Waals surface area contributed by atoms with Gasteiger partial charge >= 0.3 is 12.4 Å². The first kappa shape index (κ1) is 33.9. The number of piperidine rings is 1. The summed E-state index contributed by atoms with van der Waals surface area (Å²) in [6.45, 7) is 12.4. The molecule has 0 radical (unpaired) electrons. The first-order chi connectivity index (χ1) is 18.2. The molecule has 1 aliphatic heterocycles. The van der Waals surface area contributed by atoms with Crippen LogP contribution in [-0.4, -0.2) is 47.3 Å². The van der Waals surface area contributed by atoms with Gasteiger partial charge in [-0.15, -0.1) is 0 Å². The van der Waals surface area contributed by atoms with E-state index in [0.29, 0.717) is 31.4 Å². The molecule has 0 spiro atoms. The molecule has 1 aromatic carbocycles. The Bertz CT molecular complexity index is 1020. The standard InChI is InChI=1S/C29H41F6NO4/c1-8-11-19-16-23(37)36(25(38)26(19,6)7)12-9-10-13-40-24-21(17(2)3)14-20(15-22(24)18(4)5)27(39,28(30,31)32)29(33,34)35/h14-15,17-19,39H,8-13,16H2,1-7H3. The van der Waals surface area contributed by atoms with Gasteiger partial charge in [0.05, 0.1) is 6.61 Å². The molecular weight excluding hydrogens is 540 g/mol. The summed E-state index contributed by atoms with van der Waals surface area (Å²) in [6, 6.07) is 1.43. The molecule has 0 bridgehead atoms. The quantitative estimate of drug-likeness (QED) is 0.166. The SMILES string of the molecule is CCCC1CC(=O)N(CCCCOc2c(C(C)C)cc(C(O)(C(F)(F)F)C(F)(F)F)cc2C(C)C)C(=O)C1(C)C. The van der Waals surface area contributed by atoms with Crippen molar-refractivity contribution >= 4 is 11.8 Å². The third-order valence-electron chi connectivity index (χ3n) is 7.83. The number of aliphatic hydroxyl groups is 1. The van der Waals surface area contributed by atoms with E-state index in [1.807, 2.05) is 20.8 Å². The number of benzene rings is 1. The van der Waals surface area contributed by atoms with Gasteiger partial charge in [0.25, 0.3) is 5.60 Å². The number of rotatable bonds is 11. The topological polar surface area (TPSA) is 66.8 Å². The van der Waals surface area contributed by atoms with Crippen LogP contribution in [0.15, 0.2) is 12.1 Å². The van der Waals surface area contributed by atoms with E-state index in [2.05, 4.69) is 0 Å². The maximum absolute atomic E-state index is 13.6. The summed E-state index contributed by atoms with van der Waals surface area (Å²) in [5.74, 6) is -1.31. The van der Waals surface area contributed by atoms with E-state index in [-0.39, 0.29) is 47.8 Å². The summed E-state index contributed by atoms with van der Waals surface area (Å²) in [7, 11) is 0. The molecule has 0 saturated carbocycles. The highest BCUT2D eigenvalue weighted by Crippen LogP contribution is 2.52. The predicted molar refractivity (Wildman–Crippen MR) is 139 cm³/mol. The van der Waals surface area contributed by atoms with Crippen LogP contribution in [0.1, 0.15) is 109 Å². The van der Waals surface area contributed by atoms with Crippen LogP contribution in [0.3, 0.4) is 0 Å². The lowest BCUT2D eigenvalue weighted by Gasteiger charge is -2.42. The van der Waals surface area contributed by atoms with Gasteiger partial charge in [0.15, 0.2) is 0 Å². The van der Waals surface area contributed by atoms with E-state index in [1.54, 1.807) is 27.7 Å². The van der Waals surface area contributed by atoms with Crippen molar-refractivity contribution in [2.24, 2.45) is 11.3 Å². The smallest absolute Gasteiger partial charge is 0.430 e. The molecule has 228 valence electrons. The number of likely N-dealkylation sites (tertiary alicyclic amines) is 1. The van der Waals surface area contributed by atoms with Crippen LogP contribution in [0.5, 0.6) is 5.75 Å². The summed E-state index contributed by atoms with van der Waals surface area (Å²) in [4.78, 5) is 26.9. The number of unbranched alkanes of at least 4 members (excludes halogenated alkanes) is 1. The summed E-state index contributed by atoms with van der Waals surface area (Å²) >= 11 is 0. The molecule has 1 aliphatic rings. The zero-order valence-corrected chi connectivity index (χ0v) is 24.2. The van der Waals surface area contributed by atoms with E-state index in [0.717, 1.165) is 12.8 Å². The molecule has 0 aromatic heterocycles. The first-order valence-electron chi connectivity index (χ1n) is 13.7. The third kappa shape index (κ3) is 6.60. The Labute approximate surface area is 232 Å². The Kier molecular flexibility index (Phi) is 10.4. The molecule has 11 heteroatoms. The van der Waals surface area contributed by atoms with E-state index in [1.165, 1.54) is 4.90 Å². The van der Waals surface area contributed by atoms with Crippen molar-refractivity contribution in [2.75, 3.05) is 13.2 Å². The van der Waals surface area contributed by atoms with Gasteiger partial charge in [0.2, 0.25) is 11.8 Å². The molecule has 1 saturated heterocycles. The molecule has 1 unspecified atom stereocenters. The second-order valence-corrected chi connectivity index (χ2v) is 11.8. The van der Waals surface area contributed by atoms with Crippen LogP contribution >= 0.6 is 0 Å². The molecule has 1 fully saturated rings. The molecule has 0 aliphatic carbocycles. The van der Waals surface area contributed by atoms with Crippen LogP contribution in [0, 0.1) is 11.3 Å². The zero-order valence-electron chi connectivity index (χ0n) is 24.2. The van der Waals surface area contributed by atoms with E-state index in [4.69, 9.17) is 4.74 Å². The highest BCUT2D eigenvalue weighted by atomic mass is 19.4. The number of hydrogen-bond donors (Lipinski definition) is 1. The number of amides is 2. The van der Waals surface area contributed by atoms with Crippen molar-refractivity contribution in [2.45, 2.75) is 110 Å². The number of nitrogens with zero attached hydrogens (tertiary/aromatic N) is 1. The molecule has 2 rings (SSSR count). The van der Waals surface area contributed by atoms with Crippen molar-refractivity contribution in [1.29, 1.82) is 0 Å². The molecule has 1 aromatic rings. The molecule has 5 nitrogen and oxygen atoms in total. The first-order valence-corrected chi connectivity index (χ1v) is 13.7. The van der Waals surface area contributed by atoms with Crippen molar-refractivity contribution in [3.05, 3.63) is 28.8 Å². The van der Waals surface area contributed by atoms with Gasteiger partial charge in [-0.3, -0.25) is 14.5 Å². The monoisotopic (exact) mass is 581 g/mol. The predicted octanol–water partition coefficient (Wildman–Crippen LogP) is 7.61. The number of alkyl halides is 6. The molecule has 1 heterocycles.